The summed E-state index contributed by atoms with van der Waals surface area (Å²) in [5.74, 6) is -3.32. The fourth-order valence-corrected chi connectivity index (χ4v) is 1.39. The molecule has 0 saturated carbocycles. The summed E-state index contributed by atoms with van der Waals surface area (Å²) in [7, 11) is 1.15. The molecule has 0 spiro atoms. The summed E-state index contributed by atoms with van der Waals surface area (Å²) < 4.78 is 4.30. The van der Waals surface area contributed by atoms with Gasteiger partial charge in [0.1, 0.15) is 6.04 Å². The molecule has 0 heterocycles. The minimum absolute atomic E-state index is 0.343. The SMILES string of the molecule is CCC[C@H](N)C(=O)N[C@@H](CNC(=O)/C=C/C(=O)OC)C(=O)O. The summed E-state index contributed by atoms with van der Waals surface area (Å²) in [5.41, 5.74) is 5.57. The van der Waals surface area contributed by atoms with Crippen LogP contribution in [-0.4, -0.2) is 54.6 Å². The molecule has 0 aromatic carbocycles. The van der Waals surface area contributed by atoms with Crippen LogP contribution in [0, 0.1) is 0 Å². The molecule has 0 aromatic heterocycles. The Kier molecular flexibility index (Phi) is 9.19. The molecule has 9 nitrogen and oxygen atoms in total. The van der Waals surface area contributed by atoms with E-state index in [1.165, 1.54) is 0 Å². The second-order valence-electron chi connectivity index (χ2n) is 4.40. The van der Waals surface area contributed by atoms with Gasteiger partial charge in [0, 0.05) is 18.7 Å². The second kappa shape index (κ2) is 10.3. The molecule has 0 bridgehead atoms. The lowest BCUT2D eigenvalue weighted by Crippen LogP contribution is -2.52. The van der Waals surface area contributed by atoms with Crippen LogP contribution in [0.15, 0.2) is 12.2 Å². The standard InChI is InChI=1S/C13H21N3O6/c1-3-4-8(14)12(19)16-9(13(20)21)7-15-10(17)5-6-11(18)22-2/h5-6,8-9H,3-4,7,14H2,1-2H3,(H,15,17)(H,16,19)(H,20,21)/b6-5+/t8-,9-/m0/s1. The number of amides is 2. The van der Waals surface area contributed by atoms with Gasteiger partial charge in [-0.1, -0.05) is 13.3 Å². The number of carbonyl (C=O) groups excluding carboxylic acids is 3. The van der Waals surface area contributed by atoms with Crippen LogP contribution in [0.25, 0.3) is 0 Å². The number of carboxylic acids is 1. The fraction of sp³-hybridized carbons (Fsp3) is 0.538. The quantitative estimate of drug-likeness (QED) is 0.300. The van der Waals surface area contributed by atoms with Crippen molar-refractivity contribution < 1.29 is 29.0 Å². The van der Waals surface area contributed by atoms with Crippen LogP contribution in [0.1, 0.15) is 19.8 Å². The van der Waals surface area contributed by atoms with Gasteiger partial charge in [0.2, 0.25) is 11.8 Å². The zero-order chi connectivity index (χ0) is 17.1. The van der Waals surface area contributed by atoms with Gasteiger partial charge in [-0.25, -0.2) is 9.59 Å². The number of aliphatic carboxylic acids is 1. The minimum Gasteiger partial charge on any atom is -0.480 e. The molecule has 5 N–H and O–H groups in total. The van der Waals surface area contributed by atoms with Gasteiger partial charge in [0.25, 0.3) is 0 Å². The molecule has 124 valence electrons. The Hall–Kier alpha value is -2.42. The summed E-state index contributed by atoms with van der Waals surface area (Å²) in [6, 6.07) is -2.12. The Bertz CT molecular complexity index is 449. The molecule has 2 atom stereocenters. The van der Waals surface area contributed by atoms with E-state index in [0.717, 1.165) is 19.3 Å². The third-order valence-corrected chi connectivity index (χ3v) is 2.60. The molecular weight excluding hydrogens is 294 g/mol. The third kappa shape index (κ3) is 8.00. The summed E-state index contributed by atoms with van der Waals surface area (Å²) in [5, 5.41) is 13.5. The average Bonchev–Trinajstić information content (AvgIpc) is 2.48. The third-order valence-electron chi connectivity index (χ3n) is 2.60. The highest BCUT2D eigenvalue weighted by Crippen LogP contribution is 1.94. The molecule has 0 radical (unpaired) electrons. The van der Waals surface area contributed by atoms with Gasteiger partial charge in [-0.05, 0) is 6.42 Å². The molecule has 9 heteroatoms. The molecule has 0 aromatic rings. The highest BCUT2D eigenvalue weighted by atomic mass is 16.5. The van der Waals surface area contributed by atoms with Crippen LogP contribution in [0.4, 0.5) is 0 Å². The van der Waals surface area contributed by atoms with Crippen molar-refractivity contribution in [2.45, 2.75) is 31.8 Å². The highest BCUT2D eigenvalue weighted by molar-refractivity contribution is 5.95. The Balaban J connectivity index is 4.45. The number of carboxylic acid groups (broad SMARTS) is 1. The number of hydrogen-bond acceptors (Lipinski definition) is 6. The summed E-state index contributed by atoms with van der Waals surface area (Å²) in [6.45, 7) is 1.50. The van der Waals surface area contributed by atoms with E-state index in [1.54, 1.807) is 0 Å². The van der Waals surface area contributed by atoms with Crippen LogP contribution in [0.3, 0.4) is 0 Å². The molecule has 0 aliphatic heterocycles. The first kappa shape index (κ1) is 19.6. The number of esters is 1. The van der Waals surface area contributed by atoms with Gasteiger partial charge in [-0.2, -0.15) is 0 Å². The molecule has 0 aliphatic carbocycles. The van der Waals surface area contributed by atoms with Gasteiger partial charge in [0.15, 0.2) is 0 Å². The van der Waals surface area contributed by atoms with Crippen molar-refractivity contribution in [3.05, 3.63) is 12.2 Å². The van der Waals surface area contributed by atoms with Crippen LogP contribution < -0.4 is 16.4 Å². The predicted molar refractivity (Wildman–Crippen MR) is 76.6 cm³/mol. The van der Waals surface area contributed by atoms with Crippen LogP contribution in [-0.2, 0) is 23.9 Å². The van der Waals surface area contributed by atoms with Crippen molar-refractivity contribution in [3.63, 3.8) is 0 Å². The minimum atomic E-state index is -1.31. The van der Waals surface area contributed by atoms with Gasteiger partial charge in [-0.15, -0.1) is 0 Å². The van der Waals surface area contributed by atoms with E-state index in [0.29, 0.717) is 12.8 Å². The van der Waals surface area contributed by atoms with Crippen molar-refractivity contribution in [1.82, 2.24) is 10.6 Å². The van der Waals surface area contributed by atoms with E-state index in [-0.39, 0.29) is 6.54 Å². The van der Waals surface area contributed by atoms with Crippen LogP contribution in [0.2, 0.25) is 0 Å². The molecule has 0 fully saturated rings. The first-order valence-corrected chi connectivity index (χ1v) is 6.64. The zero-order valence-corrected chi connectivity index (χ0v) is 12.5. The number of hydrogen-bond donors (Lipinski definition) is 4. The number of rotatable bonds is 9. The van der Waals surface area contributed by atoms with Crippen molar-refractivity contribution in [3.8, 4) is 0 Å². The van der Waals surface area contributed by atoms with E-state index in [4.69, 9.17) is 10.8 Å². The lowest BCUT2D eigenvalue weighted by Gasteiger charge is -2.17. The first-order chi connectivity index (χ1) is 10.3. The van der Waals surface area contributed by atoms with E-state index < -0.39 is 35.8 Å². The Morgan fingerprint density at radius 2 is 1.91 bits per heavy atom. The van der Waals surface area contributed by atoms with Crippen LogP contribution >= 0.6 is 0 Å². The monoisotopic (exact) mass is 315 g/mol. The van der Waals surface area contributed by atoms with Crippen molar-refractivity contribution in [1.29, 1.82) is 0 Å². The van der Waals surface area contributed by atoms with Gasteiger partial charge < -0.3 is 26.2 Å². The van der Waals surface area contributed by atoms with E-state index >= 15 is 0 Å². The molecule has 0 unspecified atom stereocenters. The van der Waals surface area contributed by atoms with E-state index in [1.807, 2.05) is 6.92 Å². The fourth-order valence-electron chi connectivity index (χ4n) is 1.39. The second-order valence-corrected chi connectivity index (χ2v) is 4.40. The summed E-state index contributed by atoms with van der Waals surface area (Å²) >= 11 is 0. The van der Waals surface area contributed by atoms with Crippen molar-refractivity contribution in [2.24, 2.45) is 5.73 Å². The maximum absolute atomic E-state index is 11.7. The largest absolute Gasteiger partial charge is 0.480 e. The van der Waals surface area contributed by atoms with E-state index in [9.17, 15) is 19.2 Å². The van der Waals surface area contributed by atoms with Crippen molar-refractivity contribution >= 4 is 23.8 Å². The first-order valence-electron chi connectivity index (χ1n) is 6.64. The Morgan fingerprint density at radius 3 is 2.41 bits per heavy atom. The zero-order valence-electron chi connectivity index (χ0n) is 12.5. The van der Waals surface area contributed by atoms with Gasteiger partial charge in [-0.3, -0.25) is 9.59 Å². The van der Waals surface area contributed by atoms with Gasteiger partial charge in [0.05, 0.1) is 13.2 Å². The molecular formula is C13H21N3O6. The molecule has 22 heavy (non-hydrogen) atoms. The number of carbonyl (C=O) groups is 4. The van der Waals surface area contributed by atoms with E-state index in [2.05, 4.69) is 15.4 Å². The van der Waals surface area contributed by atoms with Crippen molar-refractivity contribution in [2.75, 3.05) is 13.7 Å². The predicted octanol–water partition coefficient (Wildman–Crippen LogP) is -1.47. The lowest BCUT2D eigenvalue weighted by molar-refractivity contribution is -0.142. The number of nitrogens with two attached hydrogens (primary N) is 1. The normalized spacial score (nSPS) is 13.2. The Labute approximate surface area is 127 Å². The Morgan fingerprint density at radius 1 is 1.27 bits per heavy atom. The maximum Gasteiger partial charge on any atom is 0.330 e. The van der Waals surface area contributed by atoms with Crippen LogP contribution in [0.5, 0.6) is 0 Å². The summed E-state index contributed by atoms with van der Waals surface area (Å²) in [4.78, 5) is 44.9. The highest BCUT2D eigenvalue weighted by Gasteiger charge is 2.23. The molecule has 0 saturated heterocycles. The lowest BCUT2D eigenvalue weighted by atomic mass is 10.1. The molecule has 0 aliphatic rings. The molecule has 2 amide bonds. The maximum atomic E-state index is 11.7. The van der Waals surface area contributed by atoms with Gasteiger partial charge >= 0.3 is 11.9 Å². The smallest absolute Gasteiger partial charge is 0.330 e. The topological polar surface area (TPSA) is 148 Å². The summed E-state index contributed by atoms with van der Waals surface area (Å²) in [6.07, 6.45) is 2.89. The number of nitrogens with one attached hydrogen (secondary N) is 2. The molecule has 0 rings (SSSR count). The average molecular weight is 315 g/mol. The number of methoxy groups -OCH3 is 1. The number of ether oxygens (including phenoxy) is 1.